The van der Waals surface area contributed by atoms with Gasteiger partial charge in [0.1, 0.15) is 0 Å². The van der Waals surface area contributed by atoms with Crippen LogP contribution in [0.1, 0.15) is 36.4 Å². The van der Waals surface area contributed by atoms with Crippen LogP contribution in [0.5, 0.6) is 0 Å². The van der Waals surface area contributed by atoms with E-state index in [4.69, 9.17) is 5.73 Å². The molecule has 0 radical (unpaired) electrons. The quantitative estimate of drug-likeness (QED) is 0.889. The number of nitrogens with two attached hydrogens (primary N) is 1. The maximum absolute atomic E-state index is 12.6. The van der Waals surface area contributed by atoms with Crippen molar-refractivity contribution in [1.82, 2.24) is 4.90 Å². The van der Waals surface area contributed by atoms with Gasteiger partial charge < -0.3 is 10.6 Å². The lowest BCUT2D eigenvalue weighted by Crippen LogP contribution is -2.34. The van der Waals surface area contributed by atoms with E-state index in [1.54, 1.807) is 11.3 Å². The molecule has 1 aromatic carbocycles. The van der Waals surface area contributed by atoms with Crippen LogP contribution in [0.25, 0.3) is 0 Å². The van der Waals surface area contributed by atoms with E-state index in [1.165, 1.54) is 5.56 Å². The van der Waals surface area contributed by atoms with Crippen molar-refractivity contribution in [3.05, 3.63) is 58.3 Å². The van der Waals surface area contributed by atoms with E-state index in [9.17, 15) is 4.79 Å². The Morgan fingerprint density at radius 1 is 1.29 bits per heavy atom. The topological polar surface area (TPSA) is 46.3 Å². The number of thiophene rings is 1. The lowest BCUT2D eigenvalue weighted by Gasteiger charge is -2.24. The minimum atomic E-state index is -0.220. The van der Waals surface area contributed by atoms with Gasteiger partial charge in [0.2, 0.25) is 5.91 Å². The minimum Gasteiger partial charge on any atom is -0.335 e. The molecule has 3 nitrogen and oxygen atoms in total. The molecule has 0 saturated heterocycles. The molecule has 3 rings (SSSR count). The highest BCUT2D eigenvalue weighted by Crippen LogP contribution is 2.30. The molecule has 0 spiro atoms. The Kier molecular flexibility index (Phi) is 4.36. The van der Waals surface area contributed by atoms with Gasteiger partial charge in [-0.1, -0.05) is 30.3 Å². The number of amides is 1. The summed E-state index contributed by atoms with van der Waals surface area (Å²) in [5, 5.41) is 4.17. The summed E-state index contributed by atoms with van der Waals surface area (Å²) in [6.45, 7) is 0.717. The predicted molar refractivity (Wildman–Crippen MR) is 85.9 cm³/mol. The van der Waals surface area contributed by atoms with Gasteiger partial charge in [-0.2, -0.15) is 11.3 Å². The monoisotopic (exact) mass is 300 g/mol. The van der Waals surface area contributed by atoms with Crippen molar-refractivity contribution in [3.63, 3.8) is 0 Å². The van der Waals surface area contributed by atoms with Gasteiger partial charge in [0, 0.05) is 25.0 Å². The SMILES string of the molecule is NC(CC(=O)N(Cc1ccsc1)C1CC1)c1ccccc1. The van der Waals surface area contributed by atoms with E-state index in [1.807, 2.05) is 35.2 Å². The molecule has 1 atom stereocenters. The first-order chi connectivity index (χ1) is 10.2. The highest BCUT2D eigenvalue weighted by Gasteiger charge is 2.33. The van der Waals surface area contributed by atoms with Gasteiger partial charge in [-0.3, -0.25) is 4.79 Å². The molecule has 1 saturated carbocycles. The molecule has 1 amide bonds. The summed E-state index contributed by atoms with van der Waals surface area (Å²) in [4.78, 5) is 14.6. The molecular weight excluding hydrogens is 280 g/mol. The number of carbonyl (C=O) groups excluding carboxylic acids is 1. The van der Waals surface area contributed by atoms with E-state index in [-0.39, 0.29) is 11.9 Å². The average Bonchev–Trinajstić information content (AvgIpc) is 3.21. The Bertz CT molecular complexity index is 578. The Labute approximate surface area is 129 Å². The third-order valence-electron chi connectivity index (χ3n) is 3.86. The third-order valence-corrected chi connectivity index (χ3v) is 4.60. The number of hydrogen-bond donors (Lipinski definition) is 1. The second kappa shape index (κ2) is 6.41. The molecule has 2 aromatic rings. The molecule has 1 aliphatic rings. The summed E-state index contributed by atoms with van der Waals surface area (Å²) in [6, 6.07) is 12.1. The van der Waals surface area contributed by atoms with Crippen LogP contribution in [0.3, 0.4) is 0 Å². The zero-order chi connectivity index (χ0) is 14.7. The van der Waals surface area contributed by atoms with Crippen LogP contribution < -0.4 is 5.73 Å². The molecule has 4 heteroatoms. The van der Waals surface area contributed by atoms with Crippen LogP contribution in [0.4, 0.5) is 0 Å². The largest absolute Gasteiger partial charge is 0.335 e. The smallest absolute Gasteiger partial charge is 0.225 e. The third kappa shape index (κ3) is 3.71. The van der Waals surface area contributed by atoms with Crippen LogP contribution in [0.15, 0.2) is 47.2 Å². The van der Waals surface area contributed by atoms with Gasteiger partial charge in [-0.15, -0.1) is 0 Å². The highest BCUT2D eigenvalue weighted by atomic mass is 32.1. The lowest BCUT2D eigenvalue weighted by molar-refractivity contribution is -0.132. The lowest BCUT2D eigenvalue weighted by atomic mass is 10.0. The van der Waals surface area contributed by atoms with E-state index in [0.29, 0.717) is 19.0 Å². The molecular formula is C17H20N2OS. The molecule has 0 aliphatic heterocycles. The summed E-state index contributed by atoms with van der Waals surface area (Å²) in [5.74, 6) is 0.167. The van der Waals surface area contributed by atoms with Gasteiger partial charge in [0.15, 0.2) is 0 Å². The average molecular weight is 300 g/mol. The fourth-order valence-corrected chi connectivity index (χ4v) is 3.17. The summed E-state index contributed by atoms with van der Waals surface area (Å²) >= 11 is 1.67. The van der Waals surface area contributed by atoms with E-state index < -0.39 is 0 Å². The first-order valence-corrected chi connectivity index (χ1v) is 8.29. The molecule has 1 aliphatic carbocycles. The Morgan fingerprint density at radius 3 is 2.67 bits per heavy atom. The number of carbonyl (C=O) groups is 1. The zero-order valence-corrected chi connectivity index (χ0v) is 12.8. The number of rotatable bonds is 6. The highest BCUT2D eigenvalue weighted by molar-refractivity contribution is 7.07. The van der Waals surface area contributed by atoms with Gasteiger partial charge >= 0.3 is 0 Å². The van der Waals surface area contributed by atoms with Crippen molar-refractivity contribution in [1.29, 1.82) is 0 Å². The van der Waals surface area contributed by atoms with Crippen LogP contribution in [0, 0.1) is 0 Å². The second-order valence-electron chi connectivity index (χ2n) is 5.61. The number of nitrogens with zero attached hydrogens (tertiary/aromatic N) is 1. The first kappa shape index (κ1) is 14.3. The molecule has 110 valence electrons. The van der Waals surface area contributed by atoms with Crippen molar-refractivity contribution < 1.29 is 4.79 Å². The first-order valence-electron chi connectivity index (χ1n) is 7.35. The Balaban J connectivity index is 1.64. The Hall–Kier alpha value is -1.65. The van der Waals surface area contributed by atoms with Gasteiger partial charge in [-0.25, -0.2) is 0 Å². The molecule has 2 N–H and O–H groups in total. The van der Waals surface area contributed by atoms with Crippen LogP contribution >= 0.6 is 11.3 Å². The van der Waals surface area contributed by atoms with Gasteiger partial charge in [0.05, 0.1) is 0 Å². The summed E-state index contributed by atoms with van der Waals surface area (Å²) in [6.07, 6.45) is 2.62. The van der Waals surface area contributed by atoms with Gasteiger partial charge in [0.25, 0.3) is 0 Å². The van der Waals surface area contributed by atoms with E-state index in [2.05, 4.69) is 16.8 Å². The maximum Gasteiger partial charge on any atom is 0.225 e. The molecule has 21 heavy (non-hydrogen) atoms. The molecule has 1 aromatic heterocycles. The van der Waals surface area contributed by atoms with Crippen LogP contribution in [-0.4, -0.2) is 16.8 Å². The summed E-state index contributed by atoms with van der Waals surface area (Å²) in [7, 11) is 0. The van der Waals surface area contributed by atoms with E-state index in [0.717, 1.165) is 18.4 Å². The van der Waals surface area contributed by atoms with Gasteiger partial charge in [-0.05, 0) is 40.8 Å². The minimum absolute atomic E-state index is 0.167. The predicted octanol–water partition coefficient (Wildman–Crippen LogP) is 3.33. The summed E-state index contributed by atoms with van der Waals surface area (Å²) < 4.78 is 0. The maximum atomic E-state index is 12.6. The van der Waals surface area contributed by atoms with Crippen LogP contribution in [0.2, 0.25) is 0 Å². The fraction of sp³-hybridized carbons (Fsp3) is 0.353. The zero-order valence-electron chi connectivity index (χ0n) is 11.9. The van der Waals surface area contributed by atoms with Crippen molar-refractivity contribution >= 4 is 17.2 Å². The summed E-state index contributed by atoms with van der Waals surface area (Å²) in [5.41, 5.74) is 8.42. The van der Waals surface area contributed by atoms with Crippen molar-refractivity contribution in [3.8, 4) is 0 Å². The molecule has 0 bridgehead atoms. The second-order valence-corrected chi connectivity index (χ2v) is 6.39. The number of hydrogen-bond acceptors (Lipinski definition) is 3. The standard InChI is InChI=1S/C17H20N2OS/c18-16(14-4-2-1-3-5-14)10-17(20)19(15-6-7-15)11-13-8-9-21-12-13/h1-5,8-9,12,15-16H,6-7,10-11,18H2. The van der Waals surface area contributed by atoms with Crippen LogP contribution in [-0.2, 0) is 11.3 Å². The molecule has 1 heterocycles. The molecule has 1 fully saturated rings. The van der Waals surface area contributed by atoms with Crippen molar-refractivity contribution in [2.45, 2.75) is 37.9 Å². The van der Waals surface area contributed by atoms with Crippen molar-refractivity contribution in [2.24, 2.45) is 5.73 Å². The Morgan fingerprint density at radius 2 is 2.05 bits per heavy atom. The van der Waals surface area contributed by atoms with E-state index >= 15 is 0 Å². The van der Waals surface area contributed by atoms with Crippen molar-refractivity contribution in [2.75, 3.05) is 0 Å². The molecule has 1 unspecified atom stereocenters. The fourth-order valence-electron chi connectivity index (χ4n) is 2.51. The normalized spacial score (nSPS) is 15.7. The number of benzene rings is 1.